The van der Waals surface area contributed by atoms with Crippen LogP contribution in [0.2, 0.25) is 0 Å². The molecule has 46 nitrogen and oxygen atoms in total. The normalized spacial score (nSPS) is 24.4. The lowest BCUT2D eigenvalue weighted by Crippen LogP contribution is -2.62. The molecule has 3 fully saturated rings. The Balaban J connectivity index is 1.12. The minimum atomic E-state index is -2.00. The lowest BCUT2D eigenvalue weighted by molar-refractivity contribution is -0.149. The quantitative estimate of drug-likeness (QED) is 0.0208. The number of carboxylic acid groups (broad SMARTS) is 1. The van der Waals surface area contributed by atoms with Crippen molar-refractivity contribution in [1.82, 2.24) is 103 Å². The number of aliphatic hydroxyl groups excluding tert-OH is 2. The number of phenolic OH excluding ortho intramolecular Hbond substituents is 1. The number of carboxylic acids is 1. The summed E-state index contributed by atoms with van der Waals surface area (Å²) >= 11 is 0. The van der Waals surface area contributed by atoms with Crippen molar-refractivity contribution in [1.29, 1.82) is 0 Å². The smallest absolute Gasteiger partial charge is 0.323 e. The number of aromatic nitrogens is 4. The first-order chi connectivity index (χ1) is 66.1. The van der Waals surface area contributed by atoms with Crippen molar-refractivity contribution in [2.75, 3.05) is 60.5 Å². The van der Waals surface area contributed by atoms with Crippen LogP contribution in [0.3, 0.4) is 0 Å². The van der Waals surface area contributed by atoms with E-state index < -0.39 is 281 Å². The number of hydrogen-bond donors (Lipinski definition) is 20. The molecule has 9 rings (SSSR count). The summed E-state index contributed by atoms with van der Waals surface area (Å²) < 4.78 is 1.40. The van der Waals surface area contributed by atoms with Gasteiger partial charge in [-0.25, -0.2) is 4.98 Å². The van der Waals surface area contributed by atoms with E-state index in [1.165, 1.54) is 75.6 Å². The zero-order chi connectivity index (χ0) is 102. The number of nitrogens with two attached hydrogens (primary N) is 3. The average molecular weight is 1940 g/mol. The summed E-state index contributed by atoms with van der Waals surface area (Å²) in [5, 5.41) is 72.8. The summed E-state index contributed by atoms with van der Waals surface area (Å²) in [5.41, 5.74) is 19.1. The van der Waals surface area contributed by atoms with Crippen LogP contribution >= 0.6 is 0 Å². The molecule has 6 aromatic rings. The lowest BCUT2D eigenvalue weighted by atomic mass is 9.99. The van der Waals surface area contributed by atoms with Crippen LogP contribution in [0.15, 0.2) is 97.7 Å². The molecule has 3 aliphatic rings. The maximum Gasteiger partial charge on any atom is 0.323 e. The Bertz CT molecular complexity index is 5410. The number of carbonyl (C=O) groups excluding carboxylic acids is 18. The van der Waals surface area contributed by atoms with Crippen LogP contribution in [0, 0.1) is 5.92 Å². The maximum atomic E-state index is 15.9. The Morgan fingerprint density at radius 3 is 1.78 bits per heavy atom. The van der Waals surface area contributed by atoms with E-state index >= 15 is 38.4 Å². The number of benzene rings is 3. The van der Waals surface area contributed by atoms with Crippen molar-refractivity contribution < 1.29 is 112 Å². The van der Waals surface area contributed by atoms with Gasteiger partial charge in [0.25, 0.3) is 0 Å². The Hall–Kier alpha value is -14.4. The third kappa shape index (κ3) is 30.0. The second kappa shape index (κ2) is 51.1. The number of aliphatic hydroxyl groups is 2. The van der Waals surface area contributed by atoms with Gasteiger partial charge in [-0.2, -0.15) is 0 Å². The first kappa shape index (κ1) is 108. The fourth-order valence-corrected chi connectivity index (χ4v) is 17.3. The Kier molecular flexibility index (Phi) is 39.8. The number of phenols is 1. The molecule has 15 atom stereocenters. The molecule has 3 saturated heterocycles. The van der Waals surface area contributed by atoms with Gasteiger partial charge in [0.1, 0.15) is 96.9 Å². The summed E-state index contributed by atoms with van der Waals surface area (Å²) in [4.78, 5) is 291. The number of fused-ring (bicyclic) bond motifs is 4. The number of imidazole rings is 1. The van der Waals surface area contributed by atoms with Crippen molar-refractivity contribution in [2.24, 2.45) is 23.1 Å². The van der Waals surface area contributed by atoms with Crippen LogP contribution < -0.4 is 75.7 Å². The number of amides is 18. The third-order valence-electron chi connectivity index (χ3n) is 24.9. The highest BCUT2D eigenvalue weighted by Crippen LogP contribution is 2.29. The highest BCUT2D eigenvalue weighted by Gasteiger charge is 2.47. The van der Waals surface area contributed by atoms with Gasteiger partial charge in [0, 0.05) is 125 Å². The molecular formula is C93H129N23O23. The molecule has 3 aromatic carbocycles. The first-order valence-corrected chi connectivity index (χ1v) is 46.4. The molecule has 23 N–H and O–H groups in total. The number of aromatic amines is 2. The van der Waals surface area contributed by atoms with Gasteiger partial charge in [-0.3, -0.25) is 91.1 Å². The first-order valence-electron chi connectivity index (χ1n) is 46.4. The maximum absolute atomic E-state index is 15.9. The molecule has 754 valence electrons. The van der Waals surface area contributed by atoms with Gasteiger partial charge >= 0.3 is 5.97 Å². The summed E-state index contributed by atoms with van der Waals surface area (Å²) in [6, 6.07) is -4.19. The topological polar surface area (TPSA) is 681 Å². The van der Waals surface area contributed by atoms with Gasteiger partial charge in [-0.1, -0.05) is 108 Å². The minimum Gasteiger partial charge on any atom is -0.508 e. The molecule has 1 unspecified atom stereocenters. The van der Waals surface area contributed by atoms with Crippen molar-refractivity contribution in [2.45, 2.75) is 247 Å². The lowest BCUT2D eigenvalue weighted by Gasteiger charge is -2.36. The number of hydrogen-bond acceptors (Lipinski definition) is 24. The summed E-state index contributed by atoms with van der Waals surface area (Å²) in [5.74, 6) is -20.0. The second-order valence-corrected chi connectivity index (χ2v) is 35.8. The highest BCUT2D eigenvalue weighted by atomic mass is 16.4. The van der Waals surface area contributed by atoms with Gasteiger partial charge in [-0.05, 0) is 92.3 Å². The van der Waals surface area contributed by atoms with E-state index in [1.54, 1.807) is 68.6 Å². The number of para-hydroxylation sites is 2. The van der Waals surface area contributed by atoms with Crippen LogP contribution in [0.5, 0.6) is 5.75 Å². The third-order valence-corrected chi connectivity index (χ3v) is 24.9. The SMILES string of the molecule is CCCCC[C@H]1C(=O)N[C@@H](CC(C)C)C(=O)N[C@H](C(=O)NCC(N)=O)CNCC(=O)N[C@@H](Cc2ccc(O)cc2)C(=O)N(C)[C@@H](C)C(=O)NC(CC(N)=O)C(=O)N2CCC[C@H]2C(=O)N[C@@H](Cc2cnc[nH]2)C(=O)N[C@@H](CCC(N)=O)C(=O)N2C[C@H](O)C[C@H]2C(=O)N[C@@H](Cc2c[nH]c3ccccc23)C(=O)N[C@@H](CO)C(=O)N[C@@H](Cc2cn(CC(=O)O)c3ccccc23)C(=O)N(C)[C@@H](CCCC)C(=O)N1C. The number of nitrogens with zero attached hydrogens (tertiary/aromatic N) is 7. The number of primary amides is 3. The van der Waals surface area contributed by atoms with Crippen molar-refractivity contribution >= 4 is 134 Å². The number of carbonyl (C=O) groups is 19. The largest absolute Gasteiger partial charge is 0.508 e. The van der Waals surface area contributed by atoms with E-state index in [-0.39, 0.29) is 75.3 Å². The molecule has 46 heteroatoms. The molecule has 6 heterocycles. The van der Waals surface area contributed by atoms with E-state index in [1.807, 2.05) is 13.8 Å². The van der Waals surface area contributed by atoms with Crippen LogP contribution in [-0.2, 0) is 123 Å². The Morgan fingerprint density at radius 1 is 0.554 bits per heavy atom. The zero-order valence-corrected chi connectivity index (χ0v) is 79.1. The van der Waals surface area contributed by atoms with Crippen molar-refractivity contribution in [3.63, 3.8) is 0 Å². The number of H-pyrrole nitrogens is 2. The molecule has 139 heavy (non-hydrogen) atoms. The number of unbranched alkanes of at least 4 members (excludes halogenated alkanes) is 3. The minimum absolute atomic E-state index is 0.0207. The fraction of sp³-hybridized carbons (Fsp3) is 0.527. The monoisotopic (exact) mass is 1940 g/mol. The number of likely N-dealkylation sites (N-methyl/N-ethyl adjacent to an activating group) is 3. The molecule has 3 aliphatic heterocycles. The van der Waals surface area contributed by atoms with Gasteiger partial charge < -0.3 is 135 Å². The van der Waals surface area contributed by atoms with Gasteiger partial charge in [-0.15, -0.1) is 0 Å². The average Bonchev–Trinajstić information content (AvgIpc) is 1.70. The molecule has 0 radical (unpaired) electrons. The molecule has 3 aromatic heterocycles. The molecular weight excluding hydrogens is 1810 g/mol. The number of nitrogens with one attached hydrogen (secondary N) is 13. The Morgan fingerprint density at radius 2 is 1.14 bits per heavy atom. The standard InChI is InChI=1S/C93H129N23O23/c1-9-11-13-24-71-86(132)104-62(33-50(3)4)82(128)109-68(81(127)100-43-77(96)122)42-97-44-78(123)102-65(34-52-26-28-56(118)29-27-52)89(135)111(6)51(5)80(126)107-67(39-76(95)121)92(138)115-32-18-25-72(115)87(133)106-64(37-55-41-98-49-101-55)84(130)103-61(30-31-75(94)120)91(137)116-46-57(119)38-74(116)88(134)105-63(35-53-40-99-60-21-16-14-19-58(53)60)83(129)110-69(48-117)85(131)108-66(90(136)113(8)73(22-12-10-2)93(139)112(71)7)36-54-45-114(47-79(124)125)70-23-17-15-20-59(54)70/h14-17,19-21,23,26-29,40-41,45,49-51,57,61-69,71-74,97,99,117-119H,9-13,18,22,24-25,30-39,42-44,46-48H2,1-8H3,(H2,94,120)(H2,95,121)(H2,96,122)(H,98,101)(H,100,127)(H,102,123)(H,103,130)(H,104,132)(H,105,134)(H,106,133)(H,107,126)(H,108,131)(H,109,128)(H,110,129)(H,124,125)/t51-,57+,61-,62-,63-,64-,65-,66-,67?,68-,69-,71-,72-,73-,74-/m0/s1. The van der Waals surface area contributed by atoms with Gasteiger partial charge in [0.15, 0.2) is 0 Å². The van der Waals surface area contributed by atoms with Crippen LogP contribution in [-0.4, -0.2) is 328 Å². The predicted octanol–water partition coefficient (Wildman–Crippen LogP) is -4.12. The van der Waals surface area contributed by atoms with Gasteiger partial charge in [0.05, 0.1) is 38.5 Å². The van der Waals surface area contributed by atoms with E-state index in [2.05, 4.69) is 73.4 Å². The van der Waals surface area contributed by atoms with Crippen molar-refractivity contribution in [3.05, 3.63) is 120 Å². The summed E-state index contributed by atoms with van der Waals surface area (Å²) in [6.07, 6.45) is 2.15. The van der Waals surface area contributed by atoms with Crippen molar-refractivity contribution in [3.8, 4) is 5.75 Å². The summed E-state index contributed by atoms with van der Waals surface area (Å²) in [7, 11) is 3.81. The van der Waals surface area contributed by atoms with E-state index in [0.29, 0.717) is 64.2 Å². The van der Waals surface area contributed by atoms with E-state index in [9.17, 15) is 73.2 Å². The predicted molar refractivity (Wildman–Crippen MR) is 500 cm³/mol. The highest BCUT2D eigenvalue weighted by molar-refractivity contribution is 6.03. The second-order valence-electron chi connectivity index (χ2n) is 35.8. The summed E-state index contributed by atoms with van der Waals surface area (Å²) in [6.45, 7) is 3.85. The molecule has 0 aliphatic carbocycles. The molecule has 0 saturated carbocycles. The van der Waals surface area contributed by atoms with E-state index in [4.69, 9.17) is 17.2 Å². The van der Waals surface area contributed by atoms with Gasteiger partial charge in [0.2, 0.25) is 106 Å². The molecule has 18 amide bonds. The number of rotatable bonds is 28. The van der Waals surface area contributed by atoms with Crippen LogP contribution in [0.1, 0.15) is 147 Å². The molecule has 0 bridgehead atoms. The molecule has 0 spiro atoms. The van der Waals surface area contributed by atoms with Crippen LogP contribution in [0.4, 0.5) is 0 Å². The fourth-order valence-electron chi connectivity index (χ4n) is 17.3. The van der Waals surface area contributed by atoms with E-state index in [0.717, 1.165) is 24.5 Å². The van der Waals surface area contributed by atoms with Crippen LogP contribution in [0.25, 0.3) is 21.8 Å². The number of aromatic hydroxyl groups is 1. The Labute approximate surface area is 801 Å². The zero-order valence-electron chi connectivity index (χ0n) is 79.1. The number of aliphatic carboxylic acids is 1.